The fraction of sp³-hybridized carbons (Fsp3) is 0.267. The van der Waals surface area contributed by atoms with Crippen LogP contribution in [0.25, 0.3) is 19.5 Å². The summed E-state index contributed by atoms with van der Waals surface area (Å²) in [5, 5.41) is 4.24. The van der Waals surface area contributed by atoms with E-state index in [-0.39, 0.29) is 5.91 Å². The molecular formula is C15H15NOS2. The number of thiophene rings is 2. The third kappa shape index (κ3) is 2.38. The van der Waals surface area contributed by atoms with Gasteiger partial charge >= 0.3 is 0 Å². The molecule has 1 N–H and O–H groups in total. The highest BCUT2D eigenvalue weighted by Crippen LogP contribution is 2.39. The van der Waals surface area contributed by atoms with E-state index in [2.05, 4.69) is 36.5 Å². The molecule has 0 radical (unpaired) electrons. The predicted octanol–water partition coefficient (Wildman–Crippen LogP) is 4.65. The van der Waals surface area contributed by atoms with Crippen LogP contribution < -0.4 is 5.32 Å². The minimum atomic E-state index is 0.0610. The number of benzene rings is 1. The molecular weight excluding hydrogens is 274 g/mol. The maximum Gasteiger partial charge on any atom is 0.261 e. The van der Waals surface area contributed by atoms with E-state index in [1.165, 1.54) is 19.5 Å². The molecule has 3 rings (SSSR count). The van der Waals surface area contributed by atoms with E-state index in [1.807, 2.05) is 6.07 Å². The Morgan fingerprint density at radius 1 is 1.21 bits per heavy atom. The van der Waals surface area contributed by atoms with Gasteiger partial charge < -0.3 is 5.32 Å². The average Bonchev–Trinajstić information content (AvgIpc) is 2.96. The summed E-state index contributed by atoms with van der Waals surface area (Å²) in [5.74, 6) is 0.0610. The van der Waals surface area contributed by atoms with Crippen LogP contribution in [0.1, 0.15) is 29.4 Å². The van der Waals surface area contributed by atoms with E-state index in [1.54, 1.807) is 22.7 Å². The smallest absolute Gasteiger partial charge is 0.261 e. The molecule has 0 saturated carbocycles. The minimum absolute atomic E-state index is 0.0610. The van der Waals surface area contributed by atoms with E-state index >= 15 is 0 Å². The van der Waals surface area contributed by atoms with Crippen LogP contribution in [-0.4, -0.2) is 12.5 Å². The normalized spacial score (nSPS) is 11.2. The van der Waals surface area contributed by atoms with Gasteiger partial charge in [0, 0.05) is 21.3 Å². The Morgan fingerprint density at radius 3 is 2.89 bits per heavy atom. The molecule has 0 spiro atoms. The van der Waals surface area contributed by atoms with Gasteiger partial charge in [0.25, 0.3) is 5.91 Å². The van der Waals surface area contributed by atoms with Crippen molar-refractivity contribution in [3.05, 3.63) is 35.2 Å². The Balaban J connectivity index is 1.91. The lowest BCUT2D eigenvalue weighted by molar-refractivity contribution is 0.0957. The second kappa shape index (κ2) is 5.31. The zero-order valence-corrected chi connectivity index (χ0v) is 12.4. The van der Waals surface area contributed by atoms with Crippen LogP contribution in [0.4, 0.5) is 0 Å². The summed E-state index contributed by atoms with van der Waals surface area (Å²) in [4.78, 5) is 12.8. The first-order valence-electron chi connectivity index (χ1n) is 6.49. The Hall–Kier alpha value is -1.39. The molecule has 0 fully saturated rings. The number of nitrogens with one attached hydrogen (secondary N) is 1. The number of carbonyl (C=O) groups is 1. The van der Waals surface area contributed by atoms with Crippen LogP contribution in [0.2, 0.25) is 0 Å². The van der Waals surface area contributed by atoms with Gasteiger partial charge in [0.1, 0.15) is 0 Å². The molecule has 2 nitrogen and oxygen atoms in total. The average molecular weight is 289 g/mol. The molecule has 3 aromatic rings. The van der Waals surface area contributed by atoms with Crippen molar-refractivity contribution in [3.63, 3.8) is 0 Å². The van der Waals surface area contributed by atoms with Crippen molar-refractivity contribution < 1.29 is 4.79 Å². The quantitative estimate of drug-likeness (QED) is 0.696. The molecule has 0 saturated heterocycles. The molecule has 4 heteroatoms. The van der Waals surface area contributed by atoms with E-state index < -0.39 is 0 Å². The summed E-state index contributed by atoms with van der Waals surface area (Å²) in [6.45, 7) is 2.89. The first-order chi connectivity index (χ1) is 9.29. The van der Waals surface area contributed by atoms with Gasteiger partial charge in [0.15, 0.2) is 0 Å². The van der Waals surface area contributed by atoms with Crippen molar-refractivity contribution in [1.29, 1.82) is 0 Å². The maximum atomic E-state index is 12.0. The predicted molar refractivity (Wildman–Crippen MR) is 84.4 cm³/mol. The summed E-state index contributed by atoms with van der Waals surface area (Å²) >= 11 is 3.36. The van der Waals surface area contributed by atoms with Crippen LogP contribution >= 0.6 is 22.7 Å². The molecule has 2 heterocycles. The SMILES string of the molecule is CCCCNC(=O)c1cc2sc3ccccc3c2s1. The summed E-state index contributed by atoms with van der Waals surface area (Å²) in [6, 6.07) is 10.4. The highest BCUT2D eigenvalue weighted by molar-refractivity contribution is 7.33. The topological polar surface area (TPSA) is 29.1 Å². The molecule has 1 amide bonds. The van der Waals surface area contributed by atoms with Gasteiger partial charge in [-0.05, 0) is 18.6 Å². The number of fused-ring (bicyclic) bond motifs is 3. The third-order valence-corrected chi connectivity index (χ3v) is 5.50. The monoisotopic (exact) mass is 289 g/mol. The number of hydrogen-bond donors (Lipinski definition) is 1. The van der Waals surface area contributed by atoms with Crippen molar-refractivity contribution >= 4 is 48.1 Å². The first-order valence-corrected chi connectivity index (χ1v) is 8.12. The number of rotatable bonds is 4. The largest absolute Gasteiger partial charge is 0.351 e. The maximum absolute atomic E-state index is 12.0. The summed E-state index contributed by atoms with van der Waals surface area (Å²) in [5.41, 5.74) is 0. The zero-order chi connectivity index (χ0) is 13.2. The number of hydrogen-bond acceptors (Lipinski definition) is 3. The van der Waals surface area contributed by atoms with Crippen molar-refractivity contribution in [1.82, 2.24) is 5.32 Å². The Morgan fingerprint density at radius 2 is 2.05 bits per heavy atom. The minimum Gasteiger partial charge on any atom is -0.351 e. The van der Waals surface area contributed by atoms with Crippen LogP contribution in [0.5, 0.6) is 0 Å². The van der Waals surface area contributed by atoms with Crippen LogP contribution in [0.3, 0.4) is 0 Å². The standard InChI is InChI=1S/C15H15NOS2/c1-2-3-8-16-15(17)13-9-12-14(19-13)10-6-4-5-7-11(10)18-12/h4-7,9H,2-3,8H2,1H3,(H,16,17). The lowest BCUT2D eigenvalue weighted by Crippen LogP contribution is -2.23. The molecule has 98 valence electrons. The molecule has 19 heavy (non-hydrogen) atoms. The van der Waals surface area contributed by atoms with Gasteiger partial charge in [0.05, 0.1) is 9.58 Å². The lowest BCUT2D eigenvalue weighted by atomic mass is 10.2. The molecule has 0 aliphatic heterocycles. The first kappa shape index (κ1) is 12.6. The highest BCUT2D eigenvalue weighted by Gasteiger charge is 2.13. The number of amides is 1. The van der Waals surface area contributed by atoms with Gasteiger partial charge in [-0.25, -0.2) is 0 Å². The van der Waals surface area contributed by atoms with Gasteiger partial charge in [-0.15, -0.1) is 22.7 Å². The molecule has 0 atom stereocenters. The van der Waals surface area contributed by atoms with Crippen molar-refractivity contribution in [2.75, 3.05) is 6.54 Å². The second-order valence-corrected chi connectivity index (χ2v) is 6.65. The van der Waals surface area contributed by atoms with Crippen molar-refractivity contribution in [3.8, 4) is 0 Å². The molecule has 0 bridgehead atoms. The van der Waals surface area contributed by atoms with E-state index in [4.69, 9.17) is 0 Å². The van der Waals surface area contributed by atoms with E-state index in [0.717, 1.165) is 24.3 Å². The summed E-state index contributed by atoms with van der Waals surface area (Å²) in [6.07, 6.45) is 2.14. The van der Waals surface area contributed by atoms with Gasteiger partial charge in [0.2, 0.25) is 0 Å². The van der Waals surface area contributed by atoms with Crippen LogP contribution in [0.15, 0.2) is 30.3 Å². The Kier molecular flexibility index (Phi) is 3.53. The molecule has 1 aromatic carbocycles. The van der Waals surface area contributed by atoms with Gasteiger partial charge in [-0.2, -0.15) is 0 Å². The van der Waals surface area contributed by atoms with E-state index in [9.17, 15) is 4.79 Å². The third-order valence-electron chi connectivity index (χ3n) is 3.09. The van der Waals surface area contributed by atoms with Crippen molar-refractivity contribution in [2.45, 2.75) is 19.8 Å². The van der Waals surface area contributed by atoms with Gasteiger partial charge in [-0.1, -0.05) is 31.5 Å². The number of unbranched alkanes of at least 4 members (excludes halogenated alkanes) is 1. The fourth-order valence-electron chi connectivity index (χ4n) is 2.08. The summed E-state index contributed by atoms with van der Waals surface area (Å²) in [7, 11) is 0. The van der Waals surface area contributed by atoms with Crippen LogP contribution in [-0.2, 0) is 0 Å². The van der Waals surface area contributed by atoms with E-state index in [0.29, 0.717) is 0 Å². The second-order valence-electron chi connectivity index (χ2n) is 4.51. The Bertz CT molecular complexity index is 726. The highest BCUT2D eigenvalue weighted by atomic mass is 32.1. The van der Waals surface area contributed by atoms with Crippen molar-refractivity contribution in [2.24, 2.45) is 0 Å². The Labute approximate surface area is 120 Å². The fourth-order valence-corrected chi connectivity index (χ4v) is 4.52. The molecule has 0 unspecified atom stereocenters. The molecule has 2 aromatic heterocycles. The van der Waals surface area contributed by atoms with Gasteiger partial charge in [-0.3, -0.25) is 4.79 Å². The number of carbonyl (C=O) groups excluding carboxylic acids is 1. The van der Waals surface area contributed by atoms with Crippen LogP contribution in [0, 0.1) is 0 Å². The lowest BCUT2D eigenvalue weighted by Gasteiger charge is -2.00. The zero-order valence-electron chi connectivity index (χ0n) is 10.7. The molecule has 0 aliphatic carbocycles. The summed E-state index contributed by atoms with van der Waals surface area (Å²) < 4.78 is 3.75. The molecule has 0 aliphatic rings.